The lowest BCUT2D eigenvalue weighted by atomic mass is 10.1. The predicted molar refractivity (Wildman–Crippen MR) is 55.2 cm³/mol. The van der Waals surface area contributed by atoms with Crippen LogP contribution in [-0.2, 0) is 4.74 Å². The van der Waals surface area contributed by atoms with Crippen molar-refractivity contribution in [1.82, 2.24) is 5.32 Å². The molecule has 1 amide bonds. The van der Waals surface area contributed by atoms with E-state index in [2.05, 4.69) is 10.1 Å². The molecule has 4 nitrogen and oxygen atoms in total. The number of carbonyl (C=O) groups is 1. The van der Waals surface area contributed by atoms with Gasteiger partial charge in [0.25, 0.3) is 0 Å². The van der Waals surface area contributed by atoms with Crippen LogP contribution in [0.2, 0.25) is 0 Å². The summed E-state index contributed by atoms with van der Waals surface area (Å²) in [6, 6.07) is 6.49. The van der Waals surface area contributed by atoms with Crippen LogP contribution in [0.4, 0.5) is 18.0 Å². The first-order valence-corrected chi connectivity index (χ1v) is 5.17. The lowest BCUT2D eigenvalue weighted by molar-refractivity contribution is -0.160. The zero-order valence-electron chi connectivity index (χ0n) is 9.16. The lowest BCUT2D eigenvalue weighted by Gasteiger charge is -2.13. The van der Waals surface area contributed by atoms with Crippen LogP contribution >= 0.6 is 0 Å². The van der Waals surface area contributed by atoms with E-state index in [9.17, 15) is 18.0 Å². The minimum absolute atomic E-state index is 0.181. The number of hydrogen-bond acceptors (Lipinski definition) is 3. The highest BCUT2D eigenvalue weighted by Gasteiger charge is 2.31. The SMILES string of the molecule is O=C(NC1COc2ccccc21)OCC(F)(F)F. The number of nitrogens with one attached hydrogen (secondary N) is 1. The van der Waals surface area contributed by atoms with Crippen molar-refractivity contribution in [2.24, 2.45) is 0 Å². The molecule has 1 aromatic carbocycles. The van der Waals surface area contributed by atoms with Crippen molar-refractivity contribution in [2.75, 3.05) is 13.2 Å². The Morgan fingerprint density at radius 2 is 2.17 bits per heavy atom. The summed E-state index contributed by atoms with van der Waals surface area (Å²) in [5.74, 6) is 0.610. The van der Waals surface area contributed by atoms with E-state index in [-0.39, 0.29) is 6.61 Å². The Balaban J connectivity index is 1.90. The van der Waals surface area contributed by atoms with E-state index in [0.29, 0.717) is 5.75 Å². The van der Waals surface area contributed by atoms with Crippen LogP contribution in [0.1, 0.15) is 11.6 Å². The van der Waals surface area contributed by atoms with Crippen molar-refractivity contribution in [1.29, 1.82) is 0 Å². The molecule has 18 heavy (non-hydrogen) atoms. The largest absolute Gasteiger partial charge is 0.491 e. The van der Waals surface area contributed by atoms with Crippen molar-refractivity contribution >= 4 is 6.09 Å². The predicted octanol–water partition coefficient (Wildman–Crippen LogP) is 2.41. The summed E-state index contributed by atoms with van der Waals surface area (Å²) in [4.78, 5) is 11.2. The molecule has 1 aromatic rings. The van der Waals surface area contributed by atoms with Gasteiger partial charge in [0.2, 0.25) is 0 Å². The van der Waals surface area contributed by atoms with E-state index in [4.69, 9.17) is 4.74 Å². The average Bonchev–Trinajstić information content (AvgIpc) is 2.70. The molecule has 0 aliphatic carbocycles. The van der Waals surface area contributed by atoms with E-state index < -0.39 is 24.9 Å². The van der Waals surface area contributed by atoms with E-state index in [0.717, 1.165) is 5.56 Å². The lowest BCUT2D eigenvalue weighted by Crippen LogP contribution is -2.32. The fraction of sp³-hybridized carbons (Fsp3) is 0.364. The number of benzene rings is 1. The molecule has 7 heteroatoms. The summed E-state index contributed by atoms with van der Waals surface area (Å²) in [5, 5.41) is 2.32. The quantitative estimate of drug-likeness (QED) is 0.889. The van der Waals surface area contributed by atoms with Gasteiger partial charge in [0.1, 0.15) is 12.4 Å². The zero-order valence-corrected chi connectivity index (χ0v) is 9.16. The van der Waals surface area contributed by atoms with Gasteiger partial charge < -0.3 is 14.8 Å². The molecular formula is C11H10F3NO3. The zero-order chi connectivity index (χ0) is 13.2. The fourth-order valence-corrected chi connectivity index (χ4v) is 1.61. The van der Waals surface area contributed by atoms with Crippen LogP contribution in [0.3, 0.4) is 0 Å². The Kier molecular flexibility index (Phi) is 3.31. The van der Waals surface area contributed by atoms with Crippen molar-refractivity contribution in [3.8, 4) is 5.75 Å². The maximum absolute atomic E-state index is 11.8. The normalized spacial score (nSPS) is 17.8. The van der Waals surface area contributed by atoms with Crippen molar-refractivity contribution in [3.05, 3.63) is 29.8 Å². The molecule has 1 N–H and O–H groups in total. The number of alkyl halides is 3. The van der Waals surface area contributed by atoms with E-state index in [1.807, 2.05) is 0 Å². The number of fused-ring (bicyclic) bond motifs is 1. The number of hydrogen-bond donors (Lipinski definition) is 1. The molecule has 0 bridgehead atoms. The van der Waals surface area contributed by atoms with Crippen LogP contribution in [0.25, 0.3) is 0 Å². The third kappa shape index (κ3) is 3.06. The van der Waals surface area contributed by atoms with Crippen LogP contribution in [0.5, 0.6) is 5.75 Å². The molecule has 0 saturated carbocycles. The second-order valence-corrected chi connectivity index (χ2v) is 3.74. The number of amides is 1. The summed E-state index contributed by atoms with van der Waals surface area (Å²) < 4.78 is 44.8. The molecule has 1 heterocycles. The standard InChI is InChI=1S/C11H10F3NO3/c12-11(13,14)6-18-10(16)15-8-5-17-9-4-2-1-3-7(8)9/h1-4,8H,5-6H2,(H,15,16). The molecule has 1 aliphatic heterocycles. The van der Waals surface area contributed by atoms with Gasteiger partial charge in [-0.1, -0.05) is 18.2 Å². The Hall–Kier alpha value is -1.92. The second-order valence-electron chi connectivity index (χ2n) is 3.74. The van der Waals surface area contributed by atoms with Gasteiger partial charge >= 0.3 is 12.3 Å². The molecule has 0 spiro atoms. The highest BCUT2D eigenvalue weighted by Crippen LogP contribution is 2.31. The Morgan fingerprint density at radius 3 is 2.89 bits per heavy atom. The van der Waals surface area contributed by atoms with Crippen LogP contribution < -0.4 is 10.1 Å². The van der Waals surface area contributed by atoms with E-state index >= 15 is 0 Å². The Labute approximate surface area is 101 Å². The van der Waals surface area contributed by atoms with E-state index in [1.54, 1.807) is 24.3 Å². The van der Waals surface area contributed by atoms with Crippen LogP contribution in [0.15, 0.2) is 24.3 Å². The van der Waals surface area contributed by atoms with E-state index in [1.165, 1.54) is 0 Å². The number of para-hydroxylation sites is 1. The van der Waals surface area contributed by atoms with Gasteiger partial charge in [-0.3, -0.25) is 0 Å². The Morgan fingerprint density at radius 1 is 1.44 bits per heavy atom. The average molecular weight is 261 g/mol. The molecule has 2 rings (SSSR count). The number of halogens is 3. The first-order valence-electron chi connectivity index (χ1n) is 5.17. The number of rotatable bonds is 2. The summed E-state index contributed by atoms with van der Waals surface area (Å²) in [6.07, 6.45) is -5.64. The maximum Gasteiger partial charge on any atom is 0.422 e. The first-order chi connectivity index (χ1) is 8.46. The minimum Gasteiger partial charge on any atom is -0.491 e. The van der Waals surface area contributed by atoms with Gasteiger partial charge in [-0.2, -0.15) is 13.2 Å². The van der Waals surface area contributed by atoms with Crippen molar-refractivity contribution < 1.29 is 27.4 Å². The van der Waals surface area contributed by atoms with Crippen LogP contribution in [-0.4, -0.2) is 25.5 Å². The molecule has 0 saturated heterocycles. The summed E-state index contributed by atoms with van der Waals surface area (Å²) in [6.45, 7) is -1.42. The molecule has 1 aliphatic rings. The summed E-state index contributed by atoms with van der Waals surface area (Å²) >= 11 is 0. The highest BCUT2D eigenvalue weighted by molar-refractivity contribution is 5.68. The number of ether oxygens (including phenoxy) is 2. The van der Waals surface area contributed by atoms with Crippen molar-refractivity contribution in [2.45, 2.75) is 12.2 Å². The number of carbonyl (C=O) groups excluding carboxylic acids is 1. The van der Waals surface area contributed by atoms with Gasteiger partial charge in [-0.25, -0.2) is 4.79 Å². The molecule has 98 valence electrons. The smallest absolute Gasteiger partial charge is 0.422 e. The molecule has 0 radical (unpaired) electrons. The van der Waals surface area contributed by atoms with Gasteiger partial charge in [0, 0.05) is 5.56 Å². The maximum atomic E-state index is 11.8. The third-order valence-corrected chi connectivity index (χ3v) is 2.36. The van der Waals surface area contributed by atoms with Crippen LogP contribution in [0, 0.1) is 0 Å². The molecule has 0 fully saturated rings. The van der Waals surface area contributed by atoms with Gasteiger partial charge in [0.05, 0.1) is 6.04 Å². The first kappa shape index (κ1) is 12.5. The topological polar surface area (TPSA) is 47.6 Å². The summed E-state index contributed by atoms with van der Waals surface area (Å²) in [7, 11) is 0. The second kappa shape index (κ2) is 4.75. The fourth-order valence-electron chi connectivity index (χ4n) is 1.61. The molecular weight excluding hydrogens is 251 g/mol. The number of alkyl carbamates (subject to hydrolysis) is 1. The molecule has 1 unspecified atom stereocenters. The van der Waals surface area contributed by atoms with Gasteiger partial charge in [0.15, 0.2) is 6.61 Å². The molecule has 0 aromatic heterocycles. The molecule has 1 atom stereocenters. The monoisotopic (exact) mass is 261 g/mol. The van der Waals surface area contributed by atoms with Crippen molar-refractivity contribution in [3.63, 3.8) is 0 Å². The van der Waals surface area contributed by atoms with Gasteiger partial charge in [-0.15, -0.1) is 0 Å². The summed E-state index contributed by atoms with van der Waals surface area (Å²) in [5.41, 5.74) is 0.724. The van der Waals surface area contributed by atoms with Gasteiger partial charge in [-0.05, 0) is 6.07 Å². The third-order valence-electron chi connectivity index (χ3n) is 2.36. The Bertz CT molecular complexity index is 447. The highest BCUT2D eigenvalue weighted by atomic mass is 19.4. The minimum atomic E-state index is -4.53.